The number of anilines is 2. The van der Waals surface area contributed by atoms with Crippen molar-refractivity contribution in [2.75, 3.05) is 31.4 Å². The second-order valence-corrected chi connectivity index (χ2v) is 4.30. The van der Waals surface area contributed by atoms with Crippen LogP contribution in [0.4, 0.5) is 11.8 Å². The van der Waals surface area contributed by atoms with Crippen LogP contribution in [0, 0.1) is 0 Å². The maximum Gasteiger partial charge on any atom is 0.226 e. The van der Waals surface area contributed by atoms with Gasteiger partial charge in [0.1, 0.15) is 11.6 Å². The summed E-state index contributed by atoms with van der Waals surface area (Å²) >= 11 is 0. The molecular weight excluding hydrogens is 240 g/mol. The molecule has 2 rings (SSSR count). The lowest BCUT2D eigenvalue weighted by Gasteiger charge is -2.13. The van der Waals surface area contributed by atoms with Gasteiger partial charge >= 0.3 is 0 Å². The molecule has 100 valence electrons. The van der Waals surface area contributed by atoms with Crippen LogP contribution in [0.25, 0.3) is 0 Å². The van der Waals surface area contributed by atoms with E-state index in [1.54, 1.807) is 13.3 Å². The second-order valence-electron chi connectivity index (χ2n) is 4.30. The lowest BCUT2D eigenvalue weighted by atomic mass is 10.2. The Hall–Kier alpha value is -2.30. The van der Waals surface area contributed by atoms with Crippen LogP contribution in [0.1, 0.15) is 5.56 Å². The average Bonchev–Trinajstić information content (AvgIpc) is 2.45. The van der Waals surface area contributed by atoms with Crippen molar-refractivity contribution < 1.29 is 4.74 Å². The Morgan fingerprint density at radius 2 is 2.00 bits per heavy atom. The van der Waals surface area contributed by atoms with Gasteiger partial charge in [-0.3, -0.25) is 0 Å². The van der Waals surface area contributed by atoms with Gasteiger partial charge in [-0.1, -0.05) is 18.2 Å². The lowest BCUT2D eigenvalue weighted by Crippen LogP contribution is -2.13. The molecule has 0 bridgehead atoms. The van der Waals surface area contributed by atoms with E-state index in [1.807, 2.05) is 49.3 Å². The third kappa shape index (κ3) is 3.34. The van der Waals surface area contributed by atoms with E-state index in [-0.39, 0.29) is 0 Å². The third-order valence-electron chi connectivity index (χ3n) is 2.70. The van der Waals surface area contributed by atoms with Crippen LogP contribution in [0.5, 0.6) is 5.75 Å². The molecule has 0 aliphatic heterocycles. The van der Waals surface area contributed by atoms with Crippen LogP contribution in [0.2, 0.25) is 0 Å². The van der Waals surface area contributed by atoms with Crippen LogP contribution in [-0.4, -0.2) is 31.2 Å². The molecule has 0 aliphatic rings. The Labute approximate surface area is 113 Å². The van der Waals surface area contributed by atoms with E-state index in [9.17, 15) is 0 Å². The molecule has 0 aliphatic carbocycles. The molecule has 1 heterocycles. The first-order valence-corrected chi connectivity index (χ1v) is 6.07. The maximum absolute atomic E-state index is 5.31. The average molecular weight is 258 g/mol. The topological polar surface area (TPSA) is 50.3 Å². The van der Waals surface area contributed by atoms with E-state index in [2.05, 4.69) is 15.3 Å². The summed E-state index contributed by atoms with van der Waals surface area (Å²) in [5.74, 6) is 2.35. The minimum Gasteiger partial charge on any atom is -0.496 e. The first-order valence-electron chi connectivity index (χ1n) is 6.07. The van der Waals surface area contributed by atoms with Crippen LogP contribution < -0.4 is 15.0 Å². The molecule has 2 aromatic rings. The van der Waals surface area contributed by atoms with Gasteiger partial charge in [0.15, 0.2) is 0 Å². The Morgan fingerprint density at radius 3 is 2.74 bits per heavy atom. The number of rotatable bonds is 5. The molecule has 0 fully saturated rings. The van der Waals surface area contributed by atoms with Gasteiger partial charge in [0.05, 0.1) is 7.11 Å². The van der Waals surface area contributed by atoms with Gasteiger partial charge in [-0.2, -0.15) is 4.98 Å². The highest BCUT2D eigenvalue weighted by atomic mass is 16.5. The van der Waals surface area contributed by atoms with Crippen molar-refractivity contribution in [2.24, 2.45) is 0 Å². The number of methoxy groups -OCH3 is 1. The Balaban J connectivity index is 2.08. The number of nitrogens with one attached hydrogen (secondary N) is 1. The van der Waals surface area contributed by atoms with Crippen molar-refractivity contribution in [3.8, 4) is 5.75 Å². The summed E-state index contributed by atoms with van der Waals surface area (Å²) in [6.07, 6.45) is 1.74. The minimum absolute atomic E-state index is 0.661. The molecule has 0 saturated heterocycles. The molecular formula is C14H18N4O. The molecule has 5 heteroatoms. The van der Waals surface area contributed by atoms with Gasteiger partial charge in [0.2, 0.25) is 5.95 Å². The molecule has 0 unspecified atom stereocenters. The second kappa shape index (κ2) is 6.04. The van der Waals surface area contributed by atoms with Crippen LogP contribution >= 0.6 is 0 Å². The van der Waals surface area contributed by atoms with E-state index in [0.717, 1.165) is 17.1 Å². The highest BCUT2D eigenvalue weighted by Gasteiger charge is 2.03. The Bertz CT molecular complexity index is 542. The van der Waals surface area contributed by atoms with Crippen molar-refractivity contribution in [3.05, 3.63) is 42.1 Å². The number of hydrogen-bond donors (Lipinski definition) is 1. The smallest absolute Gasteiger partial charge is 0.226 e. The number of hydrogen-bond acceptors (Lipinski definition) is 5. The fraction of sp³-hybridized carbons (Fsp3) is 0.286. The van der Waals surface area contributed by atoms with Crippen molar-refractivity contribution >= 4 is 11.8 Å². The highest BCUT2D eigenvalue weighted by molar-refractivity contribution is 5.42. The summed E-state index contributed by atoms with van der Waals surface area (Å²) in [5.41, 5.74) is 1.09. The van der Waals surface area contributed by atoms with Gasteiger partial charge in [-0.25, -0.2) is 4.98 Å². The van der Waals surface area contributed by atoms with Crippen molar-refractivity contribution in [1.29, 1.82) is 0 Å². The third-order valence-corrected chi connectivity index (χ3v) is 2.70. The first-order chi connectivity index (χ1) is 9.20. The molecule has 5 nitrogen and oxygen atoms in total. The molecule has 0 spiro atoms. The number of aromatic nitrogens is 2. The van der Waals surface area contributed by atoms with Crippen LogP contribution in [0.3, 0.4) is 0 Å². The monoisotopic (exact) mass is 258 g/mol. The zero-order valence-corrected chi connectivity index (χ0v) is 11.4. The molecule has 1 aromatic carbocycles. The molecule has 1 N–H and O–H groups in total. The minimum atomic E-state index is 0.661. The predicted octanol–water partition coefficient (Wildman–Crippen LogP) is 2.16. The summed E-state index contributed by atoms with van der Waals surface area (Å²) in [7, 11) is 5.51. The summed E-state index contributed by atoms with van der Waals surface area (Å²) < 4.78 is 5.31. The standard InChI is InChI=1S/C14H18N4O/c1-18(2)14-15-9-8-13(17-14)16-10-11-6-4-5-7-12(11)19-3/h4-9H,10H2,1-3H3,(H,15,16,17). The van der Waals surface area contributed by atoms with Crippen molar-refractivity contribution in [2.45, 2.75) is 6.54 Å². The summed E-state index contributed by atoms with van der Waals surface area (Å²) in [5, 5.41) is 3.27. The Morgan fingerprint density at radius 1 is 1.21 bits per heavy atom. The fourth-order valence-electron chi connectivity index (χ4n) is 1.70. The molecule has 1 aromatic heterocycles. The first kappa shape index (κ1) is 13.1. The molecule has 0 atom stereocenters. The molecule has 19 heavy (non-hydrogen) atoms. The maximum atomic E-state index is 5.31. The molecule has 0 radical (unpaired) electrons. The van der Waals surface area contributed by atoms with E-state index in [4.69, 9.17) is 4.74 Å². The predicted molar refractivity (Wildman–Crippen MR) is 76.7 cm³/mol. The van der Waals surface area contributed by atoms with Gasteiger partial charge in [-0.15, -0.1) is 0 Å². The largest absolute Gasteiger partial charge is 0.496 e. The zero-order valence-electron chi connectivity index (χ0n) is 11.4. The van der Waals surface area contributed by atoms with Crippen LogP contribution in [0.15, 0.2) is 36.5 Å². The van der Waals surface area contributed by atoms with E-state index < -0.39 is 0 Å². The van der Waals surface area contributed by atoms with Gasteiger partial charge in [-0.05, 0) is 12.1 Å². The van der Waals surface area contributed by atoms with Crippen LogP contribution in [-0.2, 0) is 6.54 Å². The van der Waals surface area contributed by atoms with E-state index in [0.29, 0.717) is 12.5 Å². The van der Waals surface area contributed by atoms with Gasteiger partial charge in [0, 0.05) is 32.4 Å². The highest BCUT2D eigenvalue weighted by Crippen LogP contribution is 2.18. The SMILES string of the molecule is COc1ccccc1CNc1ccnc(N(C)C)n1. The summed E-state index contributed by atoms with van der Waals surface area (Å²) in [6.45, 7) is 0.661. The number of benzene rings is 1. The lowest BCUT2D eigenvalue weighted by molar-refractivity contribution is 0.410. The fourth-order valence-corrected chi connectivity index (χ4v) is 1.70. The Kier molecular flexibility index (Phi) is 4.18. The van der Waals surface area contributed by atoms with Crippen molar-refractivity contribution in [3.63, 3.8) is 0 Å². The number of nitrogens with zero attached hydrogens (tertiary/aromatic N) is 3. The number of ether oxygens (including phenoxy) is 1. The van der Waals surface area contributed by atoms with E-state index in [1.165, 1.54) is 0 Å². The van der Waals surface area contributed by atoms with Gasteiger partial charge < -0.3 is 15.0 Å². The molecule has 0 saturated carbocycles. The summed E-state index contributed by atoms with van der Waals surface area (Å²) in [4.78, 5) is 10.5. The van der Waals surface area contributed by atoms with E-state index >= 15 is 0 Å². The molecule has 0 amide bonds. The zero-order chi connectivity index (χ0) is 13.7. The normalized spacial score (nSPS) is 10.1. The summed E-state index contributed by atoms with van der Waals surface area (Å²) in [6, 6.07) is 9.77. The van der Waals surface area contributed by atoms with Gasteiger partial charge in [0.25, 0.3) is 0 Å². The number of para-hydroxylation sites is 1. The quantitative estimate of drug-likeness (QED) is 0.890. The van der Waals surface area contributed by atoms with Crippen molar-refractivity contribution in [1.82, 2.24) is 9.97 Å².